The number of methoxy groups -OCH3 is 1. The molecule has 0 radical (unpaired) electrons. The first-order chi connectivity index (χ1) is 9.71. The van der Waals surface area contributed by atoms with Crippen molar-refractivity contribution < 1.29 is 14.3 Å². The highest BCUT2D eigenvalue weighted by atomic mass is 32.1. The zero-order chi connectivity index (χ0) is 14.4. The molecule has 1 N–H and O–H groups in total. The second-order valence-electron chi connectivity index (χ2n) is 3.98. The van der Waals surface area contributed by atoms with Crippen LogP contribution in [0.1, 0.15) is 12.6 Å². The Balaban J connectivity index is 2.00. The van der Waals surface area contributed by atoms with Gasteiger partial charge in [-0.05, 0) is 19.1 Å². The lowest BCUT2D eigenvalue weighted by atomic mass is 10.3. The summed E-state index contributed by atoms with van der Waals surface area (Å²) in [5, 5.41) is 5.76. The van der Waals surface area contributed by atoms with Gasteiger partial charge in [-0.15, -0.1) is 11.3 Å². The maximum Gasteiger partial charge on any atom is 0.311 e. The molecule has 5 nitrogen and oxygen atoms in total. The van der Waals surface area contributed by atoms with Crippen LogP contribution in [0.25, 0.3) is 0 Å². The number of hydrogen-bond acceptors (Lipinski definition) is 6. The summed E-state index contributed by atoms with van der Waals surface area (Å²) >= 11 is 1.45. The fourth-order valence-electron chi connectivity index (χ4n) is 1.63. The monoisotopic (exact) mass is 292 g/mol. The van der Waals surface area contributed by atoms with Crippen molar-refractivity contribution >= 4 is 28.1 Å². The first kappa shape index (κ1) is 14.3. The molecule has 0 aliphatic heterocycles. The fourth-order valence-corrected chi connectivity index (χ4v) is 2.36. The number of nitrogens with zero attached hydrogens (tertiary/aromatic N) is 1. The summed E-state index contributed by atoms with van der Waals surface area (Å²) in [4.78, 5) is 15.7. The third kappa shape index (κ3) is 3.96. The third-order valence-corrected chi connectivity index (χ3v) is 3.31. The van der Waals surface area contributed by atoms with Crippen LogP contribution in [0.3, 0.4) is 0 Å². The molecule has 0 unspecified atom stereocenters. The number of ether oxygens (including phenoxy) is 2. The number of nitrogens with one attached hydrogen (secondary N) is 1. The van der Waals surface area contributed by atoms with Gasteiger partial charge in [0.05, 0.1) is 25.8 Å². The standard InChI is InChI=1S/C14H16N2O3S/c1-3-19-13(17)8-11-9-20-14(16-11)15-10-5-4-6-12(7-10)18-2/h4-7,9H,3,8H2,1-2H3,(H,15,16). The third-order valence-electron chi connectivity index (χ3n) is 2.50. The average molecular weight is 292 g/mol. The van der Waals surface area contributed by atoms with Gasteiger partial charge in [0.2, 0.25) is 0 Å². The van der Waals surface area contributed by atoms with E-state index in [4.69, 9.17) is 9.47 Å². The molecule has 106 valence electrons. The van der Waals surface area contributed by atoms with E-state index in [0.717, 1.165) is 16.6 Å². The maximum absolute atomic E-state index is 11.4. The molecule has 0 amide bonds. The summed E-state index contributed by atoms with van der Waals surface area (Å²) in [5.74, 6) is 0.518. The summed E-state index contributed by atoms with van der Waals surface area (Å²) in [7, 11) is 1.62. The van der Waals surface area contributed by atoms with Crippen molar-refractivity contribution in [3.8, 4) is 5.75 Å². The lowest BCUT2D eigenvalue weighted by Crippen LogP contribution is -2.07. The van der Waals surface area contributed by atoms with Crippen LogP contribution in [-0.4, -0.2) is 24.7 Å². The lowest BCUT2D eigenvalue weighted by molar-refractivity contribution is -0.142. The summed E-state index contributed by atoms with van der Waals surface area (Å²) in [5.41, 5.74) is 1.60. The number of carbonyl (C=O) groups is 1. The largest absolute Gasteiger partial charge is 0.497 e. The molecule has 20 heavy (non-hydrogen) atoms. The first-order valence-corrected chi connectivity index (χ1v) is 7.10. The summed E-state index contributed by atoms with van der Waals surface area (Å²) in [6.07, 6.45) is 0.199. The molecule has 2 aromatic rings. The highest BCUT2D eigenvalue weighted by molar-refractivity contribution is 7.13. The SMILES string of the molecule is CCOC(=O)Cc1csc(Nc2cccc(OC)c2)n1. The number of thiazole rings is 1. The van der Waals surface area contributed by atoms with Gasteiger partial charge >= 0.3 is 5.97 Å². The molecular formula is C14H16N2O3S. The van der Waals surface area contributed by atoms with Gasteiger partial charge < -0.3 is 14.8 Å². The molecule has 1 aromatic heterocycles. The molecule has 0 aliphatic carbocycles. The van der Waals surface area contributed by atoms with Gasteiger partial charge in [-0.2, -0.15) is 0 Å². The van der Waals surface area contributed by atoms with Crippen LogP contribution in [0, 0.1) is 0 Å². The minimum Gasteiger partial charge on any atom is -0.497 e. The van der Waals surface area contributed by atoms with Crippen molar-refractivity contribution in [2.45, 2.75) is 13.3 Å². The van der Waals surface area contributed by atoms with Gasteiger partial charge in [-0.1, -0.05) is 6.07 Å². The summed E-state index contributed by atoms with van der Waals surface area (Å²) in [6.45, 7) is 2.17. The van der Waals surface area contributed by atoms with Crippen LogP contribution in [0.2, 0.25) is 0 Å². The van der Waals surface area contributed by atoms with Crippen molar-refractivity contribution in [3.63, 3.8) is 0 Å². The molecule has 0 spiro atoms. The van der Waals surface area contributed by atoms with Gasteiger partial charge in [-0.25, -0.2) is 4.98 Å². The van der Waals surface area contributed by atoms with E-state index in [0.29, 0.717) is 12.3 Å². The first-order valence-electron chi connectivity index (χ1n) is 6.22. The molecule has 0 atom stereocenters. The van der Waals surface area contributed by atoms with Crippen LogP contribution in [0.5, 0.6) is 5.75 Å². The number of esters is 1. The summed E-state index contributed by atoms with van der Waals surface area (Å²) in [6, 6.07) is 7.58. The van der Waals surface area contributed by atoms with Crippen LogP contribution in [0.4, 0.5) is 10.8 Å². The normalized spacial score (nSPS) is 10.1. The Morgan fingerprint density at radius 2 is 2.30 bits per heavy atom. The number of rotatable bonds is 6. The second-order valence-corrected chi connectivity index (χ2v) is 4.84. The van der Waals surface area contributed by atoms with E-state index < -0.39 is 0 Å². The van der Waals surface area contributed by atoms with Gasteiger partial charge in [0.25, 0.3) is 0 Å². The number of aromatic nitrogens is 1. The van der Waals surface area contributed by atoms with Gasteiger partial charge in [0, 0.05) is 17.1 Å². The molecule has 6 heteroatoms. The molecular weight excluding hydrogens is 276 g/mol. The zero-order valence-corrected chi connectivity index (χ0v) is 12.2. The average Bonchev–Trinajstić information content (AvgIpc) is 2.86. The highest BCUT2D eigenvalue weighted by Crippen LogP contribution is 2.24. The van der Waals surface area contributed by atoms with Crippen LogP contribution in [0.15, 0.2) is 29.6 Å². The lowest BCUT2D eigenvalue weighted by Gasteiger charge is -2.04. The van der Waals surface area contributed by atoms with Crippen LogP contribution < -0.4 is 10.1 Å². The van der Waals surface area contributed by atoms with E-state index >= 15 is 0 Å². The van der Waals surface area contributed by atoms with E-state index in [-0.39, 0.29) is 12.4 Å². The van der Waals surface area contributed by atoms with E-state index in [9.17, 15) is 4.79 Å². The minimum atomic E-state index is -0.259. The van der Waals surface area contributed by atoms with E-state index in [1.807, 2.05) is 29.6 Å². The van der Waals surface area contributed by atoms with Crippen molar-refractivity contribution in [2.24, 2.45) is 0 Å². The molecule has 0 saturated heterocycles. The van der Waals surface area contributed by atoms with Crippen molar-refractivity contribution in [1.82, 2.24) is 4.98 Å². The van der Waals surface area contributed by atoms with Crippen molar-refractivity contribution in [1.29, 1.82) is 0 Å². The summed E-state index contributed by atoms with van der Waals surface area (Å²) < 4.78 is 10.1. The highest BCUT2D eigenvalue weighted by Gasteiger charge is 2.08. The Morgan fingerprint density at radius 3 is 3.05 bits per heavy atom. The minimum absolute atomic E-state index is 0.199. The predicted octanol–water partition coefficient (Wildman–Crippen LogP) is 3.00. The number of anilines is 2. The quantitative estimate of drug-likeness (QED) is 0.829. The number of hydrogen-bond donors (Lipinski definition) is 1. The topological polar surface area (TPSA) is 60.5 Å². The zero-order valence-electron chi connectivity index (χ0n) is 11.4. The second kappa shape index (κ2) is 6.91. The Bertz CT molecular complexity index is 583. The molecule has 1 aromatic carbocycles. The molecule has 0 fully saturated rings. The smallest absolute Gasteiger partial charge is 0.311 e. The Morgan fingerprint density at radius 1 is 1.45 bits per heavy atom. The Hall–Kier alpha value is -2.08. The van der Waals surface area contributed by atoms with Crippen molar-refractivity contribution in [2.75, 3.05) is 19.0 Å². The van der Waals surface area contributed by atoms with Gasteiger partial charge in [0.15, 0.2) is 5.13 Å². The van der Waals surface area contributed by atoms with E-state index in [1.54, 1.807) is 14.0 Å². The molecule has 1 heterocycles. The van der Waals surface area contributed by atoms with Crippen LogP contribution >= 0.6 is 11.3 Å². The Labute approximate surface area is 121 Å². The van der Waals surface area contributed by atoms with E-state index in [2.05, 4.69) is 10.3 Å². The maximum atomic E-state index is 11.4. The molecule has 2 rings (SSSR count). The fraction of sp³-hybridized carbons (Fsp3) is 0.286. The Kier molecular flexibility index (Phi) is 4.95. The van der Waals surface area contributed by atoms with Gasteiger partial charge in [0.1, 0.15) is 5.75 Å². The molecule has 0 bridgehead atoms. The molecule has 0 aliphatic rings. The predicted molar refractivity (Wildman–Crippen MR) is 78.7 cm³/mol. The van der Waals surface area contributed by atoms with E-state index in [1.165, 1.54) is 11.3 Å². The molecule has 0 saturated carbocycles. The van der Waals surface area contributed by atoms with Crippen LogP contribution in [-0.2, 0) is 16.0 Å². The number of carbonyl (C=O) groups excluding carboxylic acids is 1. The number of benzene rings is 1. The van der Waals surface area contributed by atoms with Gasteiger partial charge in [-0.3, -0.25) is 4.79 Å². The van der Waals surface area contributed by atoms with Crippen molar-refractivity contribution in [3.05, 3.63) is 35.3 Å².